The first-order valence-corrected chi connectivity index (χ1v) is 5.79. The zero-order valence-corrected chi connectivity index (χ0v) is 9.53. The zero-order chi connectivity index (χ0) is 10.8. The van der Waals surface area contributed by atoms with Crippen LogP contribution >= 0.6 is 0 Å². The van der Waals surface area contributed by atoms with E-state index in [1.54, 1.807) is 6.08 Å². The van der Waals surface area contributed by atoms with Crippen molar-refractivity contribution in [3.8, 4) is 0 Å². The lowest BCUT2D eigenvalue weighted by Crippen LogP contribution is -2.37. The van der Waals surface area contributed by atoms with Crippen LogP contribution in [0.5, 0.6) is 0 Å². The Balaban J connectivity index is 1.99. The van der Waals surface area contributed by atoms with Gasteiger partial charge in [-0.05, 0) is 39.7 Å². The van der Waals surface area contributed by atoms with E-state index in [1.807, 2.05) is 6.92 Å². The molecule has 2 aliphatic heterocycles. The first kappa shape index (κ1) is 10.7. The molecule has 0 aliphatic carbocycles. The molecule has 3 heteroatoms. The van der Waals surface area contributed by atoms with Gasteiger partial charge in [-0.1, -0.05) is 5.57 Å². The fourth-order valence-electron chi connectivity index (χ4n) is 2.74. The molecule has 0 unspecified atom stereocenters. The monoisotopic (exact) mass is 209 g/mol. The average Bonchev–Trinajstić information content (AvgIpc) is 2.43. The molecular formula is C12H19NO2. The topological polar surface area (TPSA) is 29.5 Å². The van der Waals surface area contributed by atoms with Gasteiger partial charge in [0.2, 0.25) is 0 Å². The largest absolute Gasteiger partial charge is 0.463 e. The molecule has 2 fully saturated rings. The third-order valence-electron chi connectivity index (χ3n) is 3.59. The van der Waals surface area contributed by atoms with Crippen LogP contribution in [-0.2, 0) is 9.53 Å². The van der Waals surface area contributed by atoms with Crippen molar-refractivity contribution in [3.63, 3.8) is 0 Å². The first-order chi connectivity index (χ1) is 7.20. The first-order valence-electron chi connectivity index (χ1n) is 5.79. The summed E-state index contributed by atoms with van der Waals surface area (Å²) in [7, 11) is 2.20. The number of nitrogens with zero attached hydrogens (tertiary/aromatic N) is 1. The maximum atomic E-state index is 11.3. The SMILES string of the molecule is CCOC(=O)C=C1C[C@H]2CC[C@@H](C1)N2C. The predicted molar refractivity (Wildman–Crippen MR) is 58.5 cm³/mol. The number of hydrogen-bond acceptors (Lipinski definition) is 3. The van der Waals surface area contributed by atoms with Crippen LogP contribution in [0.25, 0.3) is 0 Å². The summed E-state index contributed by atoms with van der Waals surface area (Å²) in [6.07, 6.45) is 6.36. The Kier molecular flexibility index (Phi) is 3.10. The molecule has 0 amide bonds. The number of piperidine rings is 1. The van der Waals surface area contributed by atoms with Crippen molar-refractivity contribution in [3.05, 3.63) is 11.6 Å². The van der Waals surface area contributed by atoms with Crippen LogP contribution < -0.4 is 0 Å². The Morgan fingerprint density at radius 2 is 2.07 bits per heavy atom. The molecule has 15 heavy (non-hydrogen) atoms. The Labute approximate surface area is 91.1 Å². The third kappa shape index (κ3) is 2.23. The number of esters is 1. The highest BCUT2D eigenvalue weighted by molar-refractivity contribution is 5.82. The minimum Gasteiger partial charge on any atom is -0.463 e. The highest BCUT2D eigenvalue weighted by Gasteiger charge is 2.35. The number of carbonyl (C=O) groups is 1. The van der Waals surface area contributed by atoms with Gasteiger partial charge in [-0.15, -0.1) is 0 Å². The van der Waals surface area contributed by atoms with Crippen molar-refractivity contribution >= 4 is 5.97 Å². The molecule has 2 heterocycles. The summed E-state index contributed by atoms with van der Waals surface area (Å²) in [5, 5.41) is 0. The lowest BCUT2D eigenvalue weighted by molar-refractivity contribution is -0.137. The highest BCUT2D eigenvalue weighted by atomic mass is 16.5. The van der Waals surface area contributed by atoms with Crippen LogP contribution in [0, 0.1) is 0 Å². The molecule has 3 nitrogen and oxygen atoms in total. The Bertz CT molecular complexity index is 269. The smallest absolute Gasteiger partial charge is 0.330 e. The summed E-state index contributed by atoms with van der Waals surface area (Å²) >= 11 is 0. The van der Waals surface area contributed by atoms with Gasteiger partial charge in [0.25, 0.3) is 0 Å². The Hall–Kier alpha value is -0.830. The van der Waals surface area contributed by atoms with Crippen LogP contribution in [0.1, 0.15) is 32.6 Å². The molecule has 0 aromatic heterocycles. The summed E-state index contributed by atoms with van der Waals surface area (Å²) in [6, 6.07) is 1.31. The van der Waals surface area contributed by atoms with Crippen LogP contribution in [0.2, 0.25) is 0 Å². The van der Waals surface area contributed by atoms with Gasteiger partial charge < -0.3 is 4.74 Å². The van der Waals surface area contributed by atoms with E-state index >= 15 is 0 Å². The molecule has 0 radical (unpaired) electrons. The third-order valence-corrected chi connectivity index (χ3v) is 3.59. The van der Waals surface area contributed by atoms with Crippen molar-refractivity contribution in [2.24, 2.45) is 0 Å². The van der Waals surface area contributed by atoms with Gasteiger partial charge in [0, 0.05) is 18.2 Å². The maximum Gasteiger partial charge on any atom is 0.330 e. The van der Waals surface area contributed by atoms with E-state index in [0.29, 0.717) is 18.7 Å². The highest BCUT2D eigenvalue weighted by Crippen LogP contribution is 2.36. The molecule has 0 saturated carbocycles. The van der Waals surface area contributed by atoms with Crippen LogP contribution in [0.15, 0.2) is 11.6 Å². The molecule has 2 saturated heterocycles. The summed E-state index contributed by atoms with van der Waals surface area (Å²) < 4.78 is 4.93. The summed E-state index contributed by atoms with van der Waals surface area (Å²) in [6.45, 7) is 2.31. The molecule has 0 aromatic carbocycles. The number of fused-ring (bicyclic) bond motifs is 2. The van der Waals surface area contributed by atoms with Crippen molar-refractivity contribution in [2.75, 3.05) is 13.7 Å². The van der Waals surface area contributed by atoms with Crippen molar-refractivity contribution in [1.82, 2.24) is 4.90 Å². The Morgan fingerprint density at radius 3 is 2.60 bits per heavy atom. The second-order valence-electron chi connectivity index (χ2n) is 4.51. The minimum absolute atomic E-state index is 0.170. The standard InChI is InChI=1S/C12H19NO2/c1-3-15-12(14)8-9-6-10-4-5-11(7-9)13(10)2/h8,10-11H,3-7H2,1-2H3/t10-,11+. The number of carbonyl (C=O) groups excluding carboxylic acids is 1. The Morgan fingerprint density at radius 1 is 1.47 bits per heavy atom. The van der Waals surface area contributed by atoms with Crippen LogP contribution in [0.3, 0.4) is 0 Å². The predicted octanol–water partition coefficient (Wildman–Crippen LogP) is 1.73. The number of hydrogen-bond donors (Lipinski definition) is 0. The summed E-state index contributed by atoms with van der Waals surface area (Å²) in [5.74, 6) is -0.170. The van der Waals surface area contributed by atoms with Gasteiger partial charge in [-0.25, -0.2) is 4.79 Å². The van der Waals surface area contributed by atoms with Gasteiger partial charge in [0.15, 0.2) is 0 Å². The van der Waals surface area contributed by atoms with E-state index in [9.17, 15) is 4.79 Å². The van der Waals surface area contributed by atoms with Gasteiger partial charge in [-0.3, -0.25) is 4.90 Å². The van der Waals surface area contributed by atoms with Gasteiger partial charge in [0.05, 0.1) is 6.61 Å². The zero-order valence-electron chi connectivity index (χ0n) is 9.53. The molecular weight excluding hydrogens is 190 g/mol. The fraction of sp³-hybridized carbons (Fsp3) is 0.750. The quantitative estimate of drug-likeness (QED) is 0.512. The van der Waals surface area contributed by atoms with E-state index in [4.69, 9.17) is 4.74 Å². The van der Waals surface area contributed by atoms with E-state index in [2.05, 4.69) is 11.9 Å². The van der Waals surface area contributed by atoms with Crippen molar-refractivity contribution < 1.29 is 9.53 Å². The van der Waals surface area contributed by atoms with Crippen molar-refractivity contribution in [1.29, 1.82) is 0 Å². The second-order valence-corrected chi connectivity index (χ2v) is 4.51. The molecule has 2 aliphatic rings. The van der Waals surface area contributed by atoms with Gasteiger partial charge >= 0.3 is 5.97 Å². The molecule has 2 rings (SSSR count). The van der Waals surface area contributed by atoms with Crippen molar-refractivity contribution in [2.45, 2.75) is 44.7 Å². The fourth-order valence-corrected chi connectivity index (χ4v) is 2.74. The minimum atomic E-state index is -0.170. The lowest BCUT2D eigenvalue weighted by atomic mass is 9.97. The number of rotatable bonds is 2. The molecule has 2 bridgehead atoms. The van der Waals surface area contributed by atoms with E-state index in [-0.39, 0.29) is 5.97 Å². The molecule has 0 aromatic rings. The molecule has 2 atom stereocenters. The average molecular weight is 209 g/mol. The summed E-state index contributed by atoms with van der Waals surface area (Å²) in [4.78, 5) is 13.8. The van der Waals surface area contributed by atoms with Gasteiger partial charge in [0.1, 0.15) is 0 Å². The summed E-state index contributed by atoms with van der Waals surface area (Å²) in [5.41, 5.74) is 1.28. The van der Waals surface area contributed by atoms with Crippen LogP contribution in [-0.4, -0.2) is 36.6 Å². The number of ether oxygens (including phenoxy) is 1. The molecule has 84 valence electrons. The molecule has 0 N–H and O–H groups in total. The van der Waals surface area contributed by atoms with E-state index in [0.717, 1.165) is 12.8 Å². The van der Waals surface area contributed by atoms with E-state index in [1.165, 1.54) is 18.4 Å². The van der Waals surface area contributed by atoms with E-state index < -0.39 is 0 Å². The van der Waals surface area contributed by atoms with Crippen LogP contribution in [0.4, 0.5) is 0 Å². The normalized spacial score (nSPS) is 33.3. The second kappa shape index (κ2) is 4.35. The maximum absolute atomic E-state index is 11.3. The molecule has 0 spiro atoms. The van der Waals surface area contributed by atoms with Gasteiger partial charge in [-0.2, -0.15) is 0 Å². The lowest BCUT2D eigenvalue weighted by Gasteiger charge is -2.32.